The Labute approximate surface area is 143 Å². The van der Waals surface area contributed by atoms with E-state index < -0.39 is 0 Å². The van der Waals surface area contributed by atoms with Crippen LogP contribution in [0.5, 0.6) is 6.01 Å². The van der Waals surface area contributed by atoms with Gasteiger partial charge in [-0.3, -0.25) is 9.59 Å². The zero-order chi connectivity index (χ0) is 17.1. The van der Waals surface area contributed by atoms with E-state index in [1.54, 1.807) is 4.90 Å². The van der Waals surface area contributed by atoms with Crippen LogP contribution in [0.2, 0.25) is 5.02 Å². The maximum atomic E-state index is 12.5. The number of rotatable bonds is 3. The minimum Gasteiger partial charge on any atom is -0.458 e. The SMILES string of the molecule is Cn1nc(C(=O)N2CCCC(Oc3ncc(Cl)cn3)C2)ccc1=O. The van der Waals surface area contributed by atoms with E-state index in [2.05, 4.69) is 15.1 Å². The Morgan fingerprint density at radius 3 is 2.79 bits per heavy atom. The summed E-state index contributed by atoms with van der Waals surface area (Å²) in [6.07, 6.45) is 4.33. The molecule has 1 aliphatic rings. The molecular weight excluding hydrogens is 334 g/mol. The number of hydrogen-bond acceptors (Lipinski definition) is 6. The maximum Gasteiger partial charge on any atom is 0.316 e. The Kier molecular flexibility index (Phi) is 4.75. The summed E-state index contributed by atoms with van der Waals surface area (Å²) in [5.41, 5.74) is -0.0215. The topological polar surface area (TPSA) is 90.2 Å². The molecule has 0 aliphatic carbocycles. The zero-order valence-electron chi connectivity index (χ0n) is 13.1. The molecule has 126 valence electrons. The van der Waals surface area contributed by atoms with Crippen molar-refractivity contribution in [3.05, 3.63) is 45.6 Å². The smallest absolute Gasteiger partial charge is 0.316 e. The molecule has 8 nitrogen and oxygen atoms in total. The highest BCUT2D eigenvalue weighted by Gasteiger charge is 2.27. The van der Waals surface area contributed by atoms with Crippen molar-refractivity contribution in [1.29, 1.82) is 0 Å². The van der Waals surface area contributed by atoms with Crippen LogP contribution in [0.1, 0.15) is 23.3 Å². The number of aryl methyl sites for hydroxylation is 1. The van der Waals surface area contributed by atoms with Crippen LogP contribution in [0.25, 0.3) is 0 Å². The van der Waals surface area contributed by atoms with Crippen LogP contribution in [0.4, 0.5) is 0 Å². The Hall–Kier alpha value is -2.48. The third-order valence-electron chi connectivity index (χ3n) is 3.71. The number of aromatic nitrogens is 4. The third-order valence-corrected chi connectivity index (χ3v) is 3.91. The first kappa shape index (κ1) is 16.4. The van der Waals surface area contributed by atoms with E-state index in [0.29, 0.717) is 18.1 Å². The Morgan fingerprint density at radius 2 is 2.08 bits per heavy atom. The van der Waals surface area contributed by atoms with E-state index in [4.69, 9.17) is 16.3 Å². The van der Waals surface area contributed by atoms with E-state index in [1.807, 2.05) is 0 Å². The summed E-state index contributed by atoms with van der Waals surface area (Å²) < 4.78 is 6.86. The molecule has 3 heterocycles. The number of likely N-dealkylation sites (tertiary alicyclic amines) is 1. The van der Waals surface area contributed by atoms with Crippen molar-refractivity contribution in [3.8, 4) is 6.01 Å². The molecule has 2 aromatic rings. The van der Waals surface area contributed by atoms with Crippen LogP contribution in [0, 0.1) is 0 Å². The van der Waals surface area contributed by atoms with Gasteiger partial charge in [-0.05, 0) is 18.9 Å². The molecule has 3 rings (SSSR count). The van der Waals surface area contributed by atoms with Gasteiger partial charge in [-0.2, -0.15) is 5.10 Å². The number of amides is 1. The van der Waals surface area contributed by atoms with Gasteiger partial charge in [0.05, 0.1) is 24.0 Å². The fourth-order valence-corrected chi connectivity index (χ4v) is 2.61. The molecular formula is C15H16ClN5O3. The van der Waals surface area contributed by atoms with Crippen LogP contribution in [0.15, 0.2) is 29.3 Å². The van der Waals surface area contributed by atoms with Crippen molar-refractivity contribution in [1.82, 2.24) is 24.6 Å². The van der Waals surface area contributed by atoms with E-state index >= 15 is 0 Å². The maximum absolute atomic E-state index is 12.5. The first-order chi connectivity index (χ1) is 11.5. The second-order valence-electron chi connectivity index (χ2n) is 5.50. The lowest BCUT2D eigenvalue weighted by atomic mass is 10.1. The molecule has 1 unspecified atom stereocenters. The highest BCUT2D eigenvalue weighted by Crippen LogP contribution is 2.17. The molecule has 0 saturated carbocycles. The van der Waals surface area contributed by atoms with Crippen molar-refractivity contribution in [3.63, 3.8) is 0 Å². The monoisotopic (exact) mass is 349 g/mol. The number of carbonyl (C=O) groups is 1. The fourth-order valence-electron chi connectivity index (χ4n) is 2.51. The quantitative estimate of drug-likeness (QED) is 0.818. The van der Waals surface area contributed by atoms with E-state index in [1.165, 1.54) is 31.6 Å². The van der Waals surface area contributed by atoms with Gasteiger partial charge in [0, 0.05) is 19.7 Å². The van der Waals surface area contributed by atoms with Gasteiger partial charge in [-0.25, -0.2) is 14.6 Å². The molecule has 24 heavy (non-hydrogen) atoms. The summed E-state index contributed by atoms with van der Waals surface area (Å²) in [5, 5.41) is 4.43. The van der Waals surface area contributed by atoms with Gasteiger partial charge >= 0.3 is 6.01 Å². The highest BCUT2D eigenvalue weighted by atomic mass is 35.5. The van der Waals surface area contributed by atoms with E-state index in [0.717, 1.165) is 17.5 Å². The summed E-state index contributed by atoms with van der Waals surface area (Å²) in [7, 11) is 1.51. The molecule has 9 heteroatoms. The summed E-state index contributed by atoms with van der Waals surface area (Å²) in [6.45, 7) is 1.03. The molecule has 1 fully saturated rings. The Balaban J connectivity index is 1.68. The molecule has 0 aromatic carbocycles. The van der Waals surface area contributed by atoms with Gasteiger partial charge < -0.3 is 9.64 Å². The minimum atomic E-state index is -0.258. The summed E-state index contributed by atoms with van der Waals surface area (Å²) in [4.78, 5) is 33.6. The average molecular weight is 350 g/mol. The summed E-state index contributed by atoms with van der Waals surface area (Å²) in [5.74, 6) is -0.226. The van der Waals surface area contributed by atoms with Crippen LogP contribution >= 0.6 is 11.6 Å². The van der Waals surface area contributed by atoms with Crippen LogP contribution < -0.4 is 10.3 Å². The van der Waals surface area contributed by atoms with Gasteiger partial charge in [0.25, 0.3) is 11.5 Å². The molecule has 0 bridgehead atoms. The van der Waals surface area contributed by atoms with Crippen molar-refractivity contribution < 1.29 is 9.53 Å². The van der Waals surface area contributed by atoms with Crippen molar-refractivity contribution in [2.45, 2.75) is 18.9 Å². The number of hydrogen-bond donors (Lipinski definition) is 0. The third kappa shape index (κ3) is 3.70. The van der Waals surface area contributed by atoms with Crippen molar-refractivity contribution in [2.24, 2.45) is 7.05 Å². The molecule has 0 spiro atoms. The molecule has 1 aliphatic heterocycles. The average Bonchev–Trinajstić information content (AvgIpc) is 2.59. The second kappa shape index (κ2) is 6.96. The van der Waals surface area contributed by atoms with Crippen molar-refractivity contribution >= 4 is 17.5 Å². The van der Waals surface area contributed by atoms with Crippen molar-refractivity contribution in [2.75, 3.05) is 13.1 Å². The molecule has 1 atom stereocenters. The van der Waals surface area contributed by atoms with Crippen LogP contribution in [-0.2, 0) is 7.05 Å². The largest absolute Gasteiger partial charge is 0.458 e. The minimum absolute atomic E-state index is 0.198. The number of piperidine rings is 1. The summed E-state index contributed by atoms with van der Waals surface area (Å²) in [6, 6.07) is 3.01. The number of halogens is 1. The van der Waals surface area contributed by atoms with E-state index in [-0.39, 0.29) is 29.3 Å². The zero-order valence-corrected chi connectivity index (χ0v) is 13.8. The predicted molar refractivity (Wildman–Crippen MR) is 86.1 cm³/mol. The number of nitrogens with zero attached hydrogens (tertiary/aromatic N) is 5. The fraction of sp³-hybridized carbons (Fsp3) is 0.400. The number of carbonyl (C=O) groups excluding carboxylic acids is 1. The molecule has 1 saturated heterocycles. The standard InChI is InChI=1S/C15H16ClN5O3/c1-20-13(22)5-4-12(19-20)14(23)21-6-2-3-11(9-21)24-15-17-7-10(16)8-18-15/h4-5,7-8,11H,2-3,6,9H2,1H3. The Morgan fingerprint density at radius 1 is 1.33 bits per heavy atom. The lowest BCUT2D eigenvalue weighted by Crippen LogP contribution is -2.45. The molecule has 0 N–H and O–H groups in total. The lowest BCUT2D eigenvalue weighted by molar-refractivity contribution is 0.0508. The Bertz CT molecular complexity index is 792. The summed E-state index contributed by atoms with van der Waals surface area (Å²) >= 11 is 5.75. The second-order valence-corrected chi connectivity index (χ2v) is 5.93. The van der Waals surface area contributed by atoms with Crippen LogP contribution in [-0.4, -0.2) is 49.7 Å². The van der Waals surface area contributed by atoms with Gasteiger partial charge in [-0.15, -0.1) is 0 Å². The first-order valence-corrected chi connectivity index (χ1v) is 7.88. The molecule has 1 amide bonds. The highest BCUT2D eigenvalue weighted by molar-refractivity contribution is 6.30. The predicted octanol–water partition coefficient (Wildman–Crippen LogP) is 0.907. The van der Waals surface area contributed by atoms with E-state index in [9.17, 15) is 9.59 Å². The number of ether oxygens (including phenoxy) is 1. The molecule has 0 radical (unpaired) electrons. The van der Waals surface area contributed by atoms with Crippen LogP contribution in [0.3, 0.4) is 0 Å². The molecule has 2 aromatic heterocycles. The van der Waals surface area contributed by atoms with Gasteiger partial charge in [0.2, 0.25) is 0 Å². The van der Waals surface area contributed by atoms with Gasteiger partial charge in [0.15, 0.2) is 0 Å². The van der Waals surface area contributed by atoms with Gasteiger partial charge in [0.1, 0.15) is 11.8 Å². The van der Waals surface area contributed by atoms with Gasteiger partial charge in [-0.1, -0.05) is 11.6 Å². The normalized spacial score (nSPS) is 17.6. The first-order valence-electron chi connectivity index (χ1n) is 7.51. The lowest BCUT2D eigenvalue weighted by Gasteiger charge is -2.32.